The van der Waals surface area contributed by atoms with Crippen molar-refractivity contribution in [2.75, 3.05) is 0 Å². The Balaban J connectivity index is 0.000000167. The quantitative estimate of drug-likeness (QED) is 0.181. The van der Waals surface area contributed by atoms with Gasteiger partial charge in [-0.2, -0.15) is 0 Å². The first kappa shape index (κ1) is 33.3. The van der Waals surface area contributed by atoms with Crippen LogP contribution in [0.25, 0.3) is 0 Å². The first-order valence-corrected chi connectivity index (χ1v) is 15.8. The standard InChI is InChI=1S/2C21H16O3.Fe/c2*22-21(23)20-16(12-14-6-2-1-3-7-14)10-11-19-17(20)13-15-8-4-5-9-18(15)24-19;/h2*1-11H,12-13H2,(H,22,23);/q;;+2/p-2. The Kier molecular flexibility index (Phi) is 9.95. The second-order valence-electron chi connectivity index (χ2n) is 11.8. The van der Waals surface area contributed by atoms with Gasteiger partial charge in [-0.1, -0.05) is 109 Å². The van der Waals surface area contributed by atoms with Crippen molar-refractivity contribution in [3.63, 3.8) is 0 Å². The van der Waals surface area contributed by atoms with Crippen LogP contribution in [0.5, 0.6) is 23.0 Å². The number of fused-ring (bicyclic) bond motifs is 4. The van der Waals surface area contributed by atoms with Crippen LogP contribution in [-0.2, 0) is 42.8 Å². The van der Waals surface area contributed by atoms with E-state index in [0.29, 0.717) is 48.3 Å². The van der Waals surface area contributed by atoms with Crippen molar-refractivity contribution in [3.05, 3.63) is 189 Å². The van der Waals surface area contributed by atoms with Gasteiger partial charge >= 0.3 is 17.1 Å². The second kappa shape index (κ2) is 14.6. The minimum absolute atomic E-state index is 0. The molecule has 2 heterocycles. The number of carboxylic acid groups (broad SMARTS) is 2. The fourth-order valence-corrected chi connectivity index (χ4v) is 6.45. The molecule has 0 saturated carbocycles. The molecule has 0 unspecified atom stereocenters. The summed E-state index contributed by atoms with van der Waals surface area (Å²) >= 11 is 0. The number of rotatable bonds is 6. The number of hydrogen-bond donors (Lipinski definition) is 0. The predicted molar refractivity (Wildman–Crippen MR) is 179 cm³/mol. The largest absolute Gasteiger partial charge is 2.00 e. The molecule has 6 nitrogen and oxygen atoms in total. The van der Waals surface area contributed by atoms with E-state index < -0.39 is 11.9 Å². The molecule has 0 radical (unpaired) electrons. The summed E-state index contributed by atoms with van der Waals surface area (Å²) in [6, 6.07) is 42.4. The van der Waals surface area contributed by atoms with Gasteiger partial charge in [0, 0.05) is 35.1 Å². The molecule has 6 aromatic carbocycles. The summed E-state index contributed by atoms with van der Waals surface area (Å²) in [6.45, 7) is 0. The molecule has 0 bridgehead atoms. The van der Waals surface area contributed by atoms with Gasteiger partial charge < -0.3 is 29.3 Å². The fourth-order valence-electron chi connectivity index (χ4n) is 6.45. The first-order valence-electron chi connectivity index (χ1n) is 15.8. The topological polar surface area (TPSA) is 98.7 Å². The molecule has 8 rings (SSSR count). The van der Waals surface area contributed by atoms with E-state index in [1.54, 1.807) is 0 Å². The normalized spacial score (nSPS) is 11.8. The summed E-state index contributed by atoms with van der Waals surface area (Å²) < 4.78 is 11.8. The molecule has 2 aliphatic rings. The van der Waals surface area contributed by atoms with Gasteiger partial charge in [0.05, 0.1) is 11.9 Å². The molecule has 2 aliphatic heterocycles. The Hall–Kier alpha value is -5.62. The second-order valence-corrected chi connectivity index (χ2v) is 11.8. The Morgan fingerprint density at radius 3 is 1.22 bits per heavy atom. The van der Waals surface area contributed by atoms with Crippen molar-refractivity contribution in [1.82, 2.24) is 0 Å². The molecule has 0 fully saturated rings. The van der Waals surface area contributed by atoms with E-state index in [0.717, 1.165) is 44.9 Å². The summed E-state index contributed by atoms with van der Waals surface area (Å²) in [4.78, 5) is 23.7. The van der Waals surface area contributed by atoms with E-state index in [2.05, 4.69) is 0 Å². The van der Waals surface area contributed by atoms with Crippen molar-refractivity contribution in [2.24, 2.45) is 0 Å². The smallest absolute Gasteiger partial charge is 0.545 e. The van der Waals surface area contributed by atoms with E-state index in [9.17, 15) is 19.8 Å². The summed E-state index contributed by atoms with van der Waals surface area (Å²) in [5, 5.41) is 23.7. The van der Waals surface area contributed by atoms with Crippen LogP contribution in [0.4, 0.5) is 0 Å². The van der Waals surface area contributed by atoms with Gasteiger partial charge in [0.15, 0.2) is 0 Å². The van der Waals surface area contributed by atoms with Crippen molar-refractivity contribution in [3.8, 4) is 23.0 Å². The van der Waals surface area contributed by atoms with E-state index >= 15 is 0 Å². The van der Waals surface area contributed by atoms with Crippen LogP contribution in [0, 0.1) is 0 Å². The molecule has 0 aliphatic carbocycles. The van der Waals surface area contributed by atoms with Gasteiger partial charge in [-0.3, -0.25) is 0 Å². The number of benzene rings is 6. The SMILES string of the molecule is O=C([O-])c1c(Cc2ccccc2)ccc2c1Cc1ccccc1O2.O=C([O-])c1c(Cc2ccccc2)ccc2c1Cc1ccccc1O2.[Fe+2]. The van der Waals surface area contributed by atoms with Gasteiger partial charge in [-0.15, -0.1) is 0 Å². The molecule has 49 heavy (non-hydrogen) atoms. The van der Waals surface area contributed by atoms with Crippen LogP contribution >= 0.6 is 0 Å². The number of carbonyl (C=O) groups is 2. The number of aromatic carboxylic acids is 2. The molecule has 6 aromatic rings. The molecule has 0 saturated heterocycles. The first-order chi connectivity index (χ1) is 23.4. The van der Waals surface area contributed by atoms with Crippen LogP contribution < -0.4 is 19.7 Å². The van der Waals surface area contributed by atoms with Crippen molar-refractivity contribution in [1.29, 1.82) is 0 Å². The third-order valence-electron chi connectivity index (χ3n) is 8.71. The number of ether oxygens (including phenoxy) is 2. The fraction of sp³-hybridized carbons (Fsp3) is 0.0952. The molecule has 0 spiro atoms. The summed E-state index contributed by atoms with van der Waals surface area (Å²) in [6.07, 6.45) is 2.19. The average Bonchev–Trinajstić information content (AvgIpc) is 3.10. The van der Waals surface area contributed by atoms with Gasteiger partial charge in [-0.05, 0) is 70.5 Å². The minimum atomic E-state index is -1.15. The van der Waals surface area contributed by atoms with Crippen molar-refractivity contribution >= 4 is 11.9 Å². The van der Waals surface area contributed by atoms with Crippen LogP contribution in [0.15, 0.2) is 133 Å². The van der Waals surface area contributed by atoms with Gasteiger partial charge in [0.25, 0.3) is 0 Å². The van der Waals surface area contributed by atoms with Gasteiger partial charge in [0.1, 0.15) is 23.0 Å². The molecular formula is C42H30FeO6. The van der Waals surface area contributed by atoms with E-state index in [4.69, 9.17) is 9.47 Å². The minimum Gasteiger partial charge on any atom is -0.545 e. The van der Waals surface area contributed by atoms with Crippen LogP contribution in [-0.4, -0.2) is 11.9 Å². The van der Waals surface area contributed by atoms with E-state index in [1.165, 1.54) is 0 Å². The van der Waals surface area contributed by atoms with Crippen LogP contribution in [0.2, 0.25) is 0 Å². The van der Waals surface area contributed by atoms with Crippen molar-refractivity contribution in [2.45, 2.75) is 25.7 Å². The molecule has 0 N–H and O–H groups in total. The Bertz CT molecular complexity index is 1990. The number of carboxylic acids is 2. The molecule has 0 atom stereocenters. The zero-order valence-electron chi connectivity index (χ0n) is 26.3. The maximum Gasteiger partial charge on any atom is 2.00 e. The predicted octanol–water partition coefficient (Wildman–Crippen LogP) is 6.67. The third-order valence-corrected chi connectivity index (χ3v) is 8.71. The Labute approximate surface area is 295 Å². The summed E-state index contributed by atoms with van der Waals surface area (Å²) in [5.41, 5.74) is 7.52. The monoisotopic (exact) mass is 686 g/mol. The third kappa shape index (κ3) is 7.14. The average molecular weight is 687 g/mol. The van der Waals surface area contributed by atoms with Crippen LogP contribution in [0.3, 0.4) is 0 Å². The van der Waals surface area contributed by atoms with Gasteiger partial charge in [-0.25, -0.2) is 0 Å². The molecule has 0 aromatic heterocycles. The van der Waals surface area contributed by atoms with E-state index in [1.807, 2.05) is 133 Å². The Morgan fingerprint density at radius 1 is 0.469 bits per heavy atom. The summed E-state index contributed by atoms with van der Waals surface area (Å²) in [7, 11) is 0. The Morgan fingerprint density at radius 2 is 0.837 bits per heavy atom. The zero-order chi connectivity index (χ0) is 33.0. The molecule has 0 amide bonds. The van der Waals surface area contributed by atoms with Crippen molar-refractivity contribution < 1.29 is 46.3 Å². The maximum atomic E-state index is 11.8. The summed E-state index contributed by atoms with van der Waals surface area (Å²) in [5.74, 6) is 0.464. The van der Waals surface area contributed by atoms with Crippen LogP contribution in [0.1, 0.15) is 65.2 Å². The molecule has 242 valence electrons. The molecule has 7 heteroatoms. The number of para-hydroxylation sites is 2. The number of hydrogen-bond acceptors (Lipinski definition) is 6. The molecular weight excluding hydrogens is 656 g/mol. The zero-order valence-corrected chi connectivity index (χ0v) is 27.4. The van der Waals surface area contributed by atoms with Gasteiger partial charge in [0.2, 0.25) is 0 Å². The van der Waals surface area contributed by atoms with E-state index in [-0.39, 0.29) is 28.2 Å². The maximum absolute atomic E-state index is 11.8. The number of carbonyl (C=O) groups excluding carboxylic acids is 2.